The Labute approximate surface area is 114 Å². The number of hydrogen-bond donors (Lipinski definition) is 2. The Hall–Kier alpha value is -1.11. The smallest absolute Gasteiger partial charge is 0.240 e. The van der Waals surface area contributed by atoms with E-state index < -0.39 is 10.0 Å². The summed E-state index contributed by atoms with van der Waals surface area (Å²) >= 11 is 0. The Morgan fingerprint density at radius 1 is 1.42 bits per heavy atom. The molecule has 0 bridgehead atoms. The zero-order valence-corrected chi connectivity index (χ0v) is 12.3. The second kappa shape index (κ2) is 5.11. The maximum atomic E-state index is 12.2. The lowest BCUT2D eigenvalue weighted by Gasteiger charge is -2.26. The van der Waals surface area contributed by atoms with Gasteiger partial charge in [0.2, 0.25) is 10.0 Å². The molecule has 106 valence electrons. The predicted octanol–water partition coefficient (Wildman–Crippen LogP) is 1.38. The van der Waals surface area contributed by atoms with Crippen LogP contribution in [0.4, 0.5) is 0 Å². The highest BCUT2D eigenvalue weighted by molar-refractivity contribution is 7.89. The molecule has 1 aliphatic rings. The topological polar surface area (TPSA) is 81.4 Å². The van der Waals surface area contributed by atoms with E-state index >= 15 is 0 Å². The van der Waals surface area contributed by atoms with E-state index in [1.807, 2.05) is 6.92 Å². The maximum Gasteiger partial charge on any atom is 0.240 e. The highest BCUT2D eigenvalue weighted by Crippen LogP contribution is 2.38. The van der Waals surface area contributed by atoms with Gasteiger partial charge < -0.3 is 10.5 Å². The SMILES string of the molecule is CCNS(=O)(=O)c1cc2c(c(C)c1C)OCCC2N. The van der Waals surface area contributed by atoms with Gasteiger partial charge in [-0.05, 0) is 31.0 Å². The Kier molecular flexibility index (Phi) is 3.85. The van der Waals surface area contributed by atoms with Crippen LogP contribution in [0.2, 0.25) is 0 Å². The summed E-state index contributed by atoms with van der Waals surface area (Å²) in [6.45, 7) is 6.36. The van der Waals surface area contributed by atoms with Gasteiger partial charge in [0.1, 0.15) is 5.75 Å². The van der Waals surface area contributed by atoms with Crippen molar-refractivity contribution in [3.63, 3.8) is 0 Å². The molecule has 1 unspecified atom stereocenters. The molecule has 0 saturated carbocycles. The van der Waals surface area contributed by atoms with Gasteiger partial charge in [0, 0.05) is 24.6 Å². The molecule has 1 aliphatic heterocycles. The molecule has 5 nitrogen and oxygen atoms in total. The molecule has 6 heteroatoms. The van der Waals surface area contributed by atoms with Crippen LogP contribution in [0.25, 0.3) is 0 Å². The minimum Gasteiger partial charge on any atom is -0.493 e. The largest absolute Gasteiger partial charge is 0.493 e. The van der Waals surface area contributed by atoms with Crippen LogP contribution in [0.3, 0.4) is 0 Å². The van der Waals surface area contributed by atoms with Gasteiger partial charge in [0.05, 0.1) is 11.5 Å². The van der Waals surface area contributed by atoms with E-state index in [9.17, 15) is 8.42 Å². The average molecular weight is 284 g/mol. The second-order valence-corrected chi connectivity index (χ2v) is 6.52. The standard InChI is InChI=1S/C13H20N2O3S/c1-4-15-19(16,17)12-7-10-11(14)5-6-18-13(10)9(3)8(12)2/h7,11,15H,4-6,14H2,1-3H3. The van der Waals surface area contributed by atoms with Crippen LogP contribution in [0.5, 0.6) is 5.75 Å². The summed E-state index contributed by atoms with van der Waals surface area (Å²) in [5.74, 6) is 0.742. The second-order valence-electron chi connectivity index (χ2n) is 4.79. The number of ether oxygens (including phenoxy) is 1. The highest BCUT2D eigenvalue weighted by atomic mass is 32.2. The number of nitrogens with one attached hydrogen (secondary N) is 1. The molecule has 0 amide bonds. The van der Waals surface area contributed by atoms with Gasteiger partial charge in [0.15, 0.2) is 0 Å². The van der Waals surface area contributed by atoms with Crippen molar-refractivity contribution in [3.8, 4) is 5.75 Å². The fraction of sp³-hybridized carbons (Fsp3) is 0.538. The van der Waals surface area contributed by atoms with Crippen molar-refractivity contribution >= 4 is 10.0 Å². The molecular formula is C13H20N2O3S. The minimum absolute atomic E-state index is 0.168. The van der Waals surface area contributed by atoms with Gasteiger partial charge in [0.25, 0.3) is 0 Å². The van der Waals surface area contributed by atoms with Gasteiger partial charge in [-0.15, -0.1) is 0 Å². The molecule has 0 saturated heterocycles. The molecule has 2 rings (SSSR count). The van der Waals surface area contributed by atoms with Gasteiger partial charge >= 0.3 is 0 Å². The molecule has 0 fully saturated rings. The third-order valence-corrected chi connectivity index (χ3v) is 5.19. The van der Waals surface area contributed by atoms with Crippen molar-refractivity contribution in [2.24, 2.45) is 5.73 Å². The summed E-state index contributed by atoms with van der Waals surface area (Å²) < 4.78 is 32.6. The Balaban J connectivity index is 2.65. The number of hydrogen-bond acceptors (Lipinski definition) is 4. The van der Waals surface area contributed by atoms with Crippen molar-refractivity contribution in [1.82, 2.24) is 4.72 Å². The van der Waals surface area contributed by atoms with Crippen LogP contribution in [-0.2, 0) is 10.0 Å². The predicted molar refractivity (Wildman–Crippen MR) is 73.8 cm³/mol. The van der Waals surface area contributed by atoms with E-state index in [0.717, 1.165) is 16.9 Å². The number of nitrogens with two attached hydrogens (primary N) is 1. The lowest BCUT2D eigenvalue weighted by atomic mass is 9.96. The quantitative estimate of drug-likeness (QED) is 0.878. The van der Waals surface area contributed by atoms with E-state index in [4.69, 9.17) is 10.5 Å². The molecule has 1 atom stereocenters. The molecule has 0 aliphatic carbocycles. The van der Waals surface area contributed by atoms with Crippen LogP contribution < -0.4 is 15.2 Å². The van der Waals surface area contributed by atoms with Gasteiger partial charge in [-0.1, -0.05) is 6.92 Å². The van der Waals surface area contributed by atoms with E-state index in [-0.39, 0.29) is 6.04 Å². The zero-order valence-electron chi connectivity index (χ0n) is 11.5. The first kappa shape index (κ1) is 14.3. The molecule has 1 heterocycles. The third-order valence-electron chi connectivity index (χ3n) is 3.52. The minimum atomic E-state index is -3.48. The fourth-order valence-corrected chi connectivity index (χ4v) is 3.72. The summed E-state index contributed by atoms with van der Waals surface area (Å²) in [5, 5.41) is 0. The van der Waals surface area contributed by atoms with Crippen LogP contribution in [0, 0.1) is 13.8 Å². The molecule has 3 N–H and O–H groups in total. The normalized spacial score (nSPS) is 18.8. The maximum absolute atomic E-state index is 12.2. The Morgan fingerprint density at radius 2 is 2.11 bits per heavy atom. The van der Waals surface area contributed by atoms with E-state index in [0.29, 0.717) is 30.0 Å². The van der Waals surface area contributed by atoms with Crippen LogP contribution in [-0.4, -0.2) is 21.6 Å². The van der Waals surface area contributed by atoms with Gasteiger partial charge in [-0.2, -0.15) is 0 Å². The summed E-state index contributed by atoms with van der Waals surface area (Å²) in [6.07, 6.45) is 0.705. The molecule has 0 spiro atoms. The Bertz CT molecular complexity index is 596. The van der Waals surface area contributed by atoms with Crippen LogP contribution in [0.1, 0.15) is 36.1 Å². The molecule has 1 aromatic rings. The monoisotopic (exact) mass is 284 g/mol. The third kappa shape index (κ3) is 2.48. The van der Waals surface area contributed by atoms with Crippen molar-refractivity contribution in [3.05, 3.63) is 22.8 Å². The summed E-state index contributed by atoms with van der Waals surface area (Å²) in [4.78, 5) is 0.298. The van der Waals surface area contributed by atoms with Crippen molar-refractivity contribution < 1.29 is 13.2 Å². The number of rotatable bonds is 3. The zero-order chi connectivity index (χ0) is 14.2. The molecular weight excluding hydrogens is 264 g/mol. The molecule has 1 aromatic carbocycles. The van der Waals surface area contributed by atoms with Crippen molar-refractivity contribution in [1.29, 1.82) is 0 Å². The number of fused-ring (bicyclic) bond motifs is 1. The lowest BCUT2D eigenvalue weighted by molar-refractivity contribution is 0.266. The van der Waals surface area contributed by atoms with Crippen LogP contribution >= 0.6 is 0 Å². The van der Waals surface area contributed by atoms with E-state index in [1.165, 1.54) is 0 Å². The van der Waals surface area contributed by atoms with E-state index in [1.54, 1.807) is 19.9 Å². The van der Waals surface area contributed by atoms with Crippen molar-refractivity contribution in [2.45, 2.75) is 38.1 Å². The fourth-order valence-electron chi connectivity index (χ4n) is 2.34. The summed E-state index contributed by atoms with van der Waals surface area (Å²) in [6, 6.07) is 1.48. The average Bonchev–Trinajstić information content (AvgIpc) is 2.34. The lowest BCUT2D eigenvalue weighted by Crippen LogP contribution is -2.26. The van der Waals surface area contributed by atoms with Crippen LogP contribution in [0.15, 0.2) is 11.0 Å². The number of sulfonamides is 1. The van der Waals surface area contributed by atoms with E-state index in [2.05, 4.69) is 4.72 Å². The molecule has 19 heavy (non-hydrogen) atoms. The summed E-state index contributed by atoms with van der Waals surface area (Å²) in [5.41, 5.74) is 8.41. The number of benzene rings is 1. The highest BCUT2D eigenvalue weighted by Gasteiger charge is 2.26. The summed E-state index contributed by atoms with van der Waals surface area (Å²) in [7, 11) is -3.48. The first-order chi connectivity index (χ1) is 8.88. The first-order valence-electron chi connectivity index (χ1n) is 6.40. The van der Waals surface area contributed by atoms with Crippen molar-refractivity contribution in [2.75, 3.05) is 13.2 Å². The first-order valence-corrected chi connectivity index (χ1v) is 7.89. The van der Waals surface area contributed by atoms with Gasteiger partial charge in [-0.25, -0.2) is 13.1 Å². The Morgan fingerprint density at radius 3 is 2.74 bits per heavy atom. The molecule has 0 radical (unpaired) electrons. The molecule has 0 aromatic heterocycles. The van der Waals surface area contributed by atoms with Gasteiger partial charge in [-0.3, -0.25) is 0 Å².